The van der Waals surface area contributed by atoms with Gasteiger partial charge in [0.2, 0.25) is 5.91 Å². The number of carbonyl (C=O) groups excluding carboxylic acids is 2. The molecule has 0 fully saturated rings. The highest BCUT2D eigenvalue weighted by Gasteiger charge is 2.32. The van der Waals surface area contributed by atoms with E-state index in [-0.39, 0.29) is 12.3 Å². The van der Waals surface area contributed by atoms with Crippen LogP contribution in [0.15, 0.2) is 54.7 Å². The van der Waals surface area contributed by atoms with Gasteiger partial charge in [0.05, 0.1) is 5.69 Å². The van der Waals surface area contributed by atoms with Crippen molar-refractivity contribution in [2.75, 3.05) is 0 Å². The van der Waals surface area contributed by atoms with E-state index in [1.54, 1.807) is 50.1 Å². The molecule has 2 amide bonds. The first-order chi connectivity index (χ1) is 16.6. The Bertz CT molecular complexity index is 1250. The fourth-order valence-electron chi connectivity index (χ4n) is 3.94. The second-order valence-electron chi connectivity index (χ2n) is 9.43. The Labute approximate surface area is 214 Å². The lowest BCUT2D eigenvalue weighted by Crippen LogP contribution is -2.49. The molecule has 7 nitrogen and oxygen atoms in total. The number of benzene rings is 2. The summed E-state index contributed by atoms with van der Waals surface area (Å²) in [6.07, 6.45) is 1.16. The molecule has 0 aliphatic carbocycles. The molecule has 9 heteroatoms. The lowest BCUT2D eigenvalue weighted by Gasteiger charge is -2.26. The van der Waals surface area contributed by atoms with Gasteiger partial charge >= 0.3 is 6.09 Å². The van der Waals surface area contributed by atoms with E-state index in [1.165, 1.54) is 0 Å². The Morgan fingerprint density at radius 2 is 1.86 bits per heavy atom. The van der Waals surface area contributed by atoms with E-state index in [9.17, 15) is 9.59 Å². The van der Waals surface area contributed by atoms with Gasteiger partial charge in [-0.25, -0.2) is 4.79 Å². The van der Waals surface area contributed by atoms with Gasteiger partial charge in [-0.2, -0.15) is 10.2 Å². The minimum Gasteiger partial charge on any atom is -0.444 e. The van der Waals surface area contributed by atoms with Crippen molar-refractivity contribution in [3.05, 3.63) is 81.5 Å². The van der Waals surface area contributed by atoms with Crippen molar-refractivity contribution < 1.29 is 14.3 Å². The van der Waals surface area contributed by atoms with Crippen LogP contribution in [0, 0.1) is 0 Å². The highest BCUT2D eigenvalue weighted by Crippen LogP contribution is 2.29. The van der Waals surface area contributed by atoms with Crippen LogP contribution in [-0.4, -0.2) is 38.7 Å². The van der Waals surface area contributed by atoms with Gasteiger partial charge in [-0.1, -0.05) is 41.4 Å². The van der Waals surface area contributed by atoms with Crippen LogP contribution in [0.5, 0.6) is 0 Å². The van der Waals surface area contributed by atoms with E-state index in [0.717, 1.165) is 22.4 Å². The number of aromatic nitrogens is 2. The van der Waals surface area contributed by atoms with Crippen LogP contribution < -0.4 is 5.32 Å². The molecule has 35 heavy (non-hydrogen) atoms. The van der Waals surface area contributed by atoms with E-state index in [4.69, 9.17) is 27.9 Å². The molecule has 2 heterocycles. The SMILES string of the molecule is CC(C)(C)OC(=O)N[C@H](Cc1ccc(Cl)cc1Cl)C(=O)N1Cc2ccc(-c3cccnn3)cc2C1. The highest BCUT2D eigenvalue weighted by atomic mass is 35.5. The molecule has 0 spiro atoms. The van der Waals surface area contributed by atoms with Crippen LogP contribution >= 0.6 is 23.2 Å². The van der Waals surface area contributed by atoms with Crippen molar-refractivity contribution in [1.29, 1.82) is 0 Å². The molecule has 1 aliphatic heterocycles. The van der Waals surface area contributed by atoms with Crippen LogP contribution in [0.3, 0.4) is 0 Å². The van der Waals surface area contributed by atoms with Crippen LogP contribution in [0.1, 0.15) is 37.5 Å². The van der Waals surface area contributed by atoms with Gasteiger partial charge in [-0.3, -0.25) is 4.79 Å². The lowest BCUT2D eigenvalue weighted by molar-refractivity contribution is -0.134. The minimum absolute atomic E-state index is 0.200. The van der Waals surface area contributed by atoms with E-state index >= 15 is 0 Å². The van der Waals surface area contributed by atoms with Crippen LogP contribution in [0.2, 0.25) is 10.0 Å². The fraction of sp³-hybridized carbons (Fsp3) is 0.308. The molecule has 2 aromatic carbocycles. The number of fused-ring (bicyclic) bond motifs is 1. The molecule has 0 bridgehead atoms. The molecule has 0 saturated carbocycles. The smallest absolute Gasteiger partial charge is 0.408 e. The topological polar surface area (TPSA) is 84.4 Å². The molecule has 0 saturated heterocycles. The number of ether oxygens (including phenoxy) is 1. The van der Waals surface area contributed by atoms with Gasteiger partial charge in [0.25, 0.3) is 0 Å². The predicted molar refractivity (Wildman–Crippen MR) is 135 cm³/mol. The van der Waals surface area contributed by atoms with Gasteiger partial charge in [-0.05, 0) is 67.8 Å². The number of halogens is 2. The Hall–Kier alpha value is -3.16. The molecular weight excluding hydrogens is 487 g/mol. The number of rotatable bonds is 5. The number of alkyl carbamates (subject to hydrolysis) is 1. The molecule has 1 aromatic heterocycles. The summed E-state index contributed by atoms with van der Waals surface area (Å²) in [6, 6.07) is 13.9. The zero-order valence-electron chi connectivity index (χ0n) is 19.7. The third kappa shape index (κ3) is 6.29. The Balaban J connectivity index is 1.55. The number of carbonyl (C=O) groups is 2. The zero-order chi connectivity index (χ0) is 25.2. The fourth-order valence-corrected chi connectivity index (χ4v) is 4.43. The van der Waals surface area contributed by atoms with E-state index in [0.29, 0.717) is 28.7 Å². The van der Waals surface area contributed by atoms with Crippen molar-refractivity contribution >= 4 is 35.2 Å². The molecule has 4 rings (SSSR count). The highest BCUT2D eigenvalue weighted by molar-refractivity contribution is 6.35. The van der Waals surface area contributed by atoms with Crippen LogP contribution in [-0.2, 0) is 29.0 Å². The minimum atomic E-state index is -0.864. The summed E-state index contributed by atoms with van der Waals surface area (Å²) in [5.74, 6) is -0.223. The average molecular weight is 513 g/mol. The van der Waals surface area contributed by atoms with Gasteiger partial charge in [0.1, 0.15) is 11.6 Å². The Kier molecular flexibility index (Phi) is 7.28. The van der Waals surface area contributed by atoms with Gasteiger partial charge in [-0.15, -0.1) is 0 Å². The van der Waals surface area contributed by atoms with Gasteiger partial charge < -0.3 is 15.0 Å². The van der Waals surface area contributed by atoms with Crippen LogP contribution in [0.25, 0.3) is 11.3 Å². The maximum absolute atomic E-state index is 13.6. The molecule has 182 valence electrons. The van der Waals surface area contributed by atoms with Crippen molar-refractivity contribution in [2.45, 2.75) is 51.9 Å². The van der Waals surface area contributed by atoms with Crippen molar-refractivity contribution in [3.63, 3.8) is 0 Å². The summed E-state index contributed by atoms with van der Waals surface area (Å²) in [5, 5.41) is 11.8. The Morgan fingerprint density at radius 3 is 2.54 bits per heavy atom. The summed E-state index contributed by atoms with van der Waals surface area (Å²) >= 11 is 12.4. The monoisotopic (exact) mass is 512 g/mol. The van der Waals surface area contributed by atoms with Crippen molar-refractivity contribution in [3.8, 4) is 11.3 Å². The maximum Gasteiger partial charge on any atom is 0.408 e. The predicted octanol–water partition coefficient (Wildman–Crippen LogP) is 5.43. The second kappa shape index (κ2) is 10.2. The van der Waals surface area contributed by atoms with Crippen molar-refractivity contribution in [1.82, 2.24) is 20.4 Å². The lowest BCUT2D eigenvalue weighted by atomic mass is 10.0. The van der Waals surface area contributed by atoms with Gasteiger partial charge in [0, 0.05) is 41.3 Å². The molecule has 0 unspecified atom stereocenters. The first-order valence-electron chi connectivity index (χ1n) is 11.2. The van der Waals surface area contributed by atoms with Gasteiger partial charge in [0.15, 0.2) is 0 Å². The quantitative estimate of drug-likeness (QED) is 0.492. The zero-order valence-corrected chi connectivity index (χ0v) is 21.2. The normalized spacial score (nSPS) is 13.8. The van der Waals surface area contributed by atoms with E-state index in [1.807, 2.05) is 30.3 Å². The number of nitrogens with one attached hydrogen (secondary N) is 1. The first-order valence-corrected chi connectivity index (χ1v) is 12.0. The summed E-state index contributed by atoms with van der Waals surface area (Å²) in [7, 11) is 0. The third-order valence-electron chi connectivity index (χ3n) is 5.54. The number of amides is 2. The van der Waals surface area contributed by atoms with E-state index in [2.05, 4.69) is 15.5 Å². The van der Waals surface area contributed by atoms with Crippen LogP contribution in [0.4, 0.5) is 4.79 Å². The van der Waals surface area contributed by atoms with Crippen molar-refractivity contribution in [2.24, 2.45) is 0 Å². The standard InChI is InChI=1S/C26H26Cl2N4O3/c1-26(2,3)35-25(34)30-23(12-16-8-9-20(27)13-21(16)28)24(33)32-14-18-7-6-17(11-19(18)15-32)22-5-4-10-29-31-22/h4-11,13,23H,12,14-15H2,1-3H3,(H,30,34)/t23-/m1/s1. The molecule has 1 N–H and O–H groups in total. The molecule has 3 aromatic rings. The summed E-state index contributed by atoms with van der Waals surface area (Å²) < 4.78 is 5.41. The number of hydrogen-bond acceptors (Lipinski definition) is 5. The average Bonchev–Trinajstić information content (AvgIpc) is 3.22. The maximum atomic E-state index is 13.6. The largest absolute Gasteiger partial charge is 0.444 e. The summed E-state index contributed by atoms with van der Waals surface area (Å²) in [4.78, 5) is 27.9. The number of nitrogens with zero attached hydrogens (tertiary/aromatic N) is 3. The molecule has 1 atom stereocenters. The van der Waals surface area contributed by atoms with E-state index < -0.39 is 17.7 Å². The summed E-state index contributed by atoms with van der Waals surface area (Å²) in [6.45, 7) is 6.17. The molecular formula is C26H26Cl2N4O3. The third-order valence-corrected chi connectivity index (χ3v) is 6.12. The second-order valence-corrected chi connectivity index (χ2v) is 10.3. The molecule has 0 radical (unpaired) electrons. The first kappa shape index (κ1) is 24.9. The Morgan fingerprint density at radius 1 is 1.09 bits per heavy atom. The molecule has 1 aliphatic rings. The summed E-state index contributed by atoms with van der Waals surface area (Å²) in [5.41, 5.74) is 3.78. The number of hydrogen-bond donors (Lipinski definition) is 1.